The fourth-order valence-corrected chi connectivity index (χ4v) is 3.69. The van der Waals surface area contributed by atoms with E-state index in [1.165, 1.54) is 20.3 Å². The second-order valence-electron chi connectivity index (χ2n) is 7.17. The van der Waals surface area contributed by atoms with Crippen LogP contribution >= 0.6 is 0 Å². The van der Waals surface area contributed by atoms with Gasteiger partial charge in [0.05, 0.1) is 32.6 Å². The van der Waals surface area contributed by atoms with Crippen molar-refractivity contribution in [2.45, 2.75) is 6.92 Å². The Morgan fingerprint density at radius 3 is 2.19 bits per heavy atom. The van der Waals surface area contributed by atoms with Gasteiger partial charge in [0, 0.05) is 51.1 Å². The Hall–Kier alpha value is -3.75. The molecule has 0 aliphatic carbocycles. The monoisotopic (exact) mass is 441 g/mol. The molecule has 0 unspecified atom stereocenters. The third kappa shape index (κ3) is 4.61. The Labute approximate surface area is 187 Å². The van der Waals surface area contributed by atoms with Gasteiger partial charge < -0.3 is 28.9 Å². The number of allylic oxidation sites excluding steroid dienone is 2. The quantitative estimate of drug-likeness (QED) is 0.640. The molecule has 1 amide bonds. The van der Waals surface area contributed by atoms with E-state index in [1.54, 1.807) is 37.3 Å². The average Bonchev–Trinajstić information content (AvgIpc) is 3.05. The van der Waals surface area contributed by atoms with Crippen molar-refractivity contribution < 1.29 is 28.6 Å². The molecule has 0 aromatic heterocycles. The van der Waals surface area contributed by atoms with Crippen LogP contribution in [0.5, 0.6) is 5.75 Å². The van der Waals surface area contributed by atoms with Crippen molar-refractivity contribution in [3.05, 3.63) is 53.9 Å². The predicted octanol–water partition coefficient (Wildman–Crippen LogP) is 1.85. The zero-order valence-corrected chi connectivity index (χ0v) is 18.7. The molecule has 0 spiro atoms. The van der Waals surface area contributed by atoms with E-state index in [0.29, 0.717) is 37.6 Å². The molecule has 3 rings (SSSR count). The summed E-state index contributed by atoms with van der Waals surface area (Å²) in [6, 6.07) is 5.61. The summed E-state index contributed by atoms with van der Waals surface area (Å²) in [4.78, 5) is 42.1. The second kappa shape index (κ2) is 10.0. The van der Waals surface area contributed by atoms with Crippen LogP contribution in [0.4, 0.5) is 11.4 Å². The van der Waals surface area contributed by atoms with Gasteiger partial charge in [-0.15, -0.1) is 0 Å². The molecule has 2 aliphatic rings. The number of carbonyl (C=O) groups is 3. The van der Waals surface area contributed by atoms with Gasteiger partial charge >= 0.3 is 11.9 Å². The van der Waals surface area contributed by atoms with Crippen LogP contribution in [0.15, 0.2) is 53.9 Å². The average molecular weight is 441 g/mol. The van der Waals surface area contributed by atoms with Gasteiger partial charge in [-0.3, -0.25) is 4.79 Å². The summed E-state index contributed by atoms with van der Waals surface area (Å²) in [5, 5.41) is 0. The highest BCUT2D eigenvalue weighted by atomic mass is 16.5. The summed E-state index contributed by atoms with van der Waals surface area (Å²) in [7, 11) is 4.04. The number of hydrogen-bond acceptors (Lipinski definition) is 8. The van der Waals surface area contributed by atoms with E-state index in [2.05, 4.69) is 4.90 Å². The van der Waals surface area contributed by atoms with Crippen LogP contribution in [0.3, 0.4) is 0 Å². The number of methoxy groups -OCH3 is 3. The van der Waals surface area contributed by atoms with Gasteiger partial charge in [0.15, 0.2) is 0 Å². The zero-order valence-electron chi connectivity index (χ0n) is 18.7. The molecule has 9 heteroatoms. The van der Waals surface area contributed by atoms with Crippen molar-refractivity contribution in [3.63, 3.8) is 0 Å². The minimum Gasteiger partial charge on any atom is -0.494 e. The van der Waals surface area contributed by atoms with Gasteiger partial charge in [-0.25, -0.2) is 9.59 Å². The summed E-state index contributed by atoms with van der Waals surface area (Å²) in [6.45, 7) is 4.28. The van der Waals surface area contributed by atoms with Crippen LogP contribution < -0.4 is 14.5 Å². The molecular weight excluding hydrogens is 414 g/mol. The van der Waals surface area contributed by atoms with E-state index in [-0.39, 0.29) is 17.2 Å². The normalized spacial score (nSPS) is 16.1. The summed E-state index contributed by atoms with van der Waals surface area (Å²) in [5.41, 5.74) is 1.57. The highest BCUT2D eigenvalue weighted by molar-refractivity contribution is 6.05. The van der Waals surface area contributed by atoms with Gasteiger partial charge in [0.25, 0.3) is 0 Å². The van der Waals surface area contributed by atoms with E-state index in [4.69, 9.17) is 14.2 Å². The second-order valence-corrected chi connectivity index (χ2v) is 7.17. The smallest absolute Gasteiger partial charge is 0.355 e. The third-order valence-electron chi connectivity index (χ3n) is 5.40. The number of nitrogens with zero attached hydrogens (tertiary/aromatic N) is 3. The lowest BCUT2D eigenvalue weighted by Crippen LogP contribution is -2.48. The van der Waals surface area contributed by atoms with E-state index < -0.39 is 11.9 Å². The fourth-order valence-electron chi connectivity index (χ4n) is 3.69. The Balaban J connectivity index is 1.99. The lowest BCUT2D eigenvalue weighted by molar-refractivity contribution is -0.139. The van der Waals surface area contributed by atoms with Crippen molar-refractivity contribution in [3.8, 4) is 5.75 Å². The molecule has 0 N–H and O–H groups in total. The van der Waals surface area contributed by atoms with Gasteiger partial charge in [0.1, 0.15) is 11.4 Å². The lowest BCUT2D eigenvalue weighted by Gasteiger charge is -2.36. The molecule has 1 aromatic rings. The maximum Gasteiger partial charge on any atom is 0.355 e. The Morgan fingerprint density at radius 1 is 0.906 bits per heavy atom. The van der Waals surface area contributed by atoms with E-state index in [1.807, 2.05) is 23.1 Å². The maximum atomic E-state index is 12.7. The van der Waals surface area contributed by atoms with Gasteiger partial charge in [-0.1, -0.05) is 6.08 Å². The lowest BCUT2D eigenvalue weighted by atomic mass is 10.1. The van der Waals surface area contributed by atoms with Gasteiger partial charge in [-0.2, -0.15) is 0 Å². The van der Waals surface area contributed by atoms with E-state index in [0.717, 1.165) is 5.69 Å². The molecule has 0 radical (unpaired) electrons. The number of benzene rings is 1. The minimum atomic E-state index is -0.687. The van der Waals surface area contributed by atoms with Crippen LogP contribution in [0.2, 0.25) is 0 Å². The van der Waals surface area contributed by atoms with E-state index in [9.17, 15) is 14.4 Å². The van der Waals surface area contributed by atoms with Crippen molar-refractivity contribution in [2.24, 2.45) is 0 Å². The number of rotatable bonds is 5. The zero-order chi connectivity index (χ0) is 23.3. The molecule has 0 atom stereocenters. The fraction of sp³-hybridized carbons (Fsp3) is 0.348. The molecular formula is C23H27N3O6. The maximum absolute atomic E-state index is 12.7. The number of hydrogen-bond donors (Lipinski definition) is 0. The molecule has 2 aliphatic heterocycles. The van der Waals surface area contributed by atoms with Crippen LogP contribution in [-0.4, -0.2) is 70.3 Å². The third-order valence-corrected chi connectivity index (χ3v) is 5.40. The molecule has 2 heterocycles. The molecule has 1 saturated heterocycles. The Morgan fingerprint density at radius 2 is 1.59 bits per heavy atom. The molecule has 9 nitrogen and oxygen atoms in total. The summed E-state index contributed by atoms with van der Waals surface area (Å²) in [6.07, 6.45) is 6.50. The summed E-state index contributed by atoms with van der Waals surface area (Å²) in [5.74, 6) is -0.765. The predicted molar refractivity (Wildman–Crippen MR) is 119 cm³/mol. The minimum absolute atomic E-state index is 0.0190. The van der Waals surface area contributed by atoms with Crippen molar-refractivity contribution >= 4 is 29.2 Å². The van der Waals surface area contributed by atoms with Crippen LogP contribution in [0.25, 0.3) is 0 Å². The first-order chi connectivity index (χ1) is 15.4. The summed E-state index contributed by atoms with van der Waals surface area (Å²) >= 11 is 0. The van der Waals surface area contributed by atoms with Crippen LogP contribution in [0, 0.1) is 0 Å². The molecule has 0 saturated carbocycles. The first-order valence-electron chi connectivity index (χ1n) is 10.1. The highest BCUT2D eigenvalue weighted by Crippen LogP contribution is 2.37. The summed E-state index contributed by atoms with van der Waals surface area (Å²) < 4.78 is 15.4. The first kappa shape index (κ1) is 22.9. The van der Waals surface area contributed by atoms with E-state index >= 15 is 0 Å². The van der Waals surface area contributed by atoms with Gasteiger partial charge in [0.2, 0.25) is 5.91 Å². The highest BCUT2D eigenvalue weighted by Gasteiger charge is 2.29. The number of anilines is 2. The van der Waals surface area contributed by atoms with Crippen molar-refractivity contribution in [1.82, 2.24) is 4.90 Å². The van der Waals surface area contributed by atoms with Crippen molar-refractivity contribution in [2.75, 3.05) is 57.3 Å². The number of ether oxygens (including phenoxy) is 3. The number of amides is 1. The molecule has 0 bridgehead atoms. The molecule has 170 valence electrons. The first-order valence-corrected chi connectivity index (χ1v) is 10.1. The molecule has 1 aromatic carbocycles. The number of esters is 2. The van der Waals surface area contributed by atoms with Crippen LogP contribution in [-0.2, 0) is 23.9 Å². The number of piperazine rings is 1. The topological polar surface area (TPSA) is 88.6 Å². The van der Waals surface area contributed by atoms with Crippen LogP contribution in [0.1, 0.15) is 6.92 Å². The Bertz CT molecular complexity index is 989. The Kier molecular flexibility index (Phi) is 7.19. The molecule has 1 fully saturated rings. The SMILES string of the molecule is COC(=O)C1=C(C(=O)OC)N(c2ccc(N3CCN(C(C)=O)CC3)cc2OC)C=CC=C1. The number of carbonyl (C=O) groups excluding carboxylic acids is 3. The van der Waals surface area contributed by atoms with Gasteiger partial charge in [-0.05, 0) is 24.3 Å². The standard InChI is InChI=1S/C23H27N3O6/c1-16(27)24-11-13-25(14-12-24)17-8-9-19(20(15-17)30-2)26-10-6-5-7-18(22(28)31-3)21(26)23(29)32-4/h5-10,15H,11-14H2,1-4H3. The molecule has 32 heavy (non-hydrogen) atoms. The largest absolute Gasteiger partial charge is 0.494 e. The van der Waals surface area contributed by atoms with Crippen molar-refractivity contribution in [1.29, 1.82) is 0 Å².